The summed E-state index contributed by atoms with van der Waals surface area (Å²) in [6.45, 7) is 3.96. The number of aromatic amines is 2. The molecule has 8 heteroatoms. The Morgan fingerprint density at radius 1 is 1.28 bits per heavy atom. The Hall–Kier alpha value is -3.13. The van der Waals surface area contributed by atoms with Gasteiger partial charge in [-0.3, -0.25) is 9.00 Å². The normalized spacial score (nSPS) is 21.9. The van der Waals surface area contributed by atoms with Gasteiger partial charge < -0.3 is 19.4 Å². The van der Waals surface area contributed by atoms with Gasteiger partial charge in [0.25, 0.3) is 5.56 Å². The number of aryl methyl sites for hydroxylation is 1. The number of rotatable bonds is 4. The molecule has 5 rings (SSSR count). The minimum absolute atomic E-state index is 0.172. The lowest BCUT2D eigenvalue weighted by atomic mass is 10.1. The molecular weight excluding hydrogens is 390 g/mol. The highest BCUT2D eigenvalue weighted by molar-refractivity contribution is 8.13. The maximum atomic E-state index is 13.6. The second-order valence-corrected chi connectivity index (χ2v) is 10.3. The van der Waals surface area contributed by atoms with Gasteiger partial charge in [-0.1, -0.05) is 18.2 Å². The number of thiol groups is 1. The average molecular weight is 411 g/mol. The Kier molecular flexibility index (Phi) is 3.82. The number of ether oxygens (including phenoxy) is 1. The number of anilines is 1. The van der Waals surface area contributed by atoms with Gasteiger partial charge in [-0.05, 0) is 47.7 Å². The van der Waals surface area contributed by atoms with E-state index >= 15 is 0 Å². The monoisotopic (exact) mass is 411 g/mol. The zero-order valence-electron chi connectivity index (χ0n) is 16.0. The molecule has 0 amide bonds. The van der Waals surface area contributed by atoms with Crippen LogP contribution in [0.3, 0.4) is 0 Å². The van der Waals surface area contributed by atoms with Crippen molar-refractivity contribution >= 4 is 44.8 Å². The Labute approximate surface area is 167 Å². The summed E-state index contributed by atoms with van der Waals surface area (Å²) < 4.78 is 21.9. The molecule has 7 nitrogen and oxygen atoms in total. The first-order valence-electron chi connectivity index (χ1n) is 9.51. The maximum absolute atomic E-state index is 13.6. The largest absolute Gasteiger partial charge is 0.462 e. The van der Waals surface area contributed by atoms with Crippen molar-refractivity contribution in [3.05, 3.63) is 62.5 Å². The highest BCUT2D eigenvalue weighted by Crippen LogP contribution is 2.44. The summed E-state index contributed by atoms with van der Waals surface area (Å²) in [4.78, 5) is 30.6. The number of H-pyrrole nitrogens is 2. The first-order valence-corrected chi connectivity index (χ1v) is 11.4. The Morgan fingerprint density at radius 3 is 2.83 bits per heavy atom. The van der Waals surface area contributed by atoms with Crippen LogP contribution in [0.5, 0.6) is 0 Å². The third-order valence-electron chi connectivity index (χ3n) is 5.55. The molecule has 0 radical (unpaired) electrons. The topological polar surface area (TPSA) is 104 Å². The van der Waals surface area contributed by atoms with Crippen molar-refractivity contribution in [3.63, 3.8) is 0 Å². The van der Waals surface area contributed by atoms with Crippen LogP contribution in [-0.2, 0) is 14.9 Å². The minimum Gasteiger partial charge on any atom is -0.462 e. The number of hydrogen-bond acceptors (Lipinski definition) is 4. The predicted octanol–water partition coefficient (Wildman–Crippen LogP) is 0.711. The third-order valence-corrected chi connectivity index (χ3v) is 8.53. The molecule has 2 atom stereocenters. The van der Waals surface area contributed by atoms with Gasteiger partial charge in [-0.15, -0.1) is 0 Å². The summed E-state index contributed by atoms with van der Waals surface area (Å²) >= 11 is 0. The minimum atomic E-state index is -2.73. The number of esters is 1. The van der Waals surface area contributed by atoms with Crippen molar-refractivity contribution in [2.45, 2.75) is 24.3 Å². The highest BCUT2D eigenvalue weighted by atomic mass is 32.3. The summed E-state index contributed by atoms with van der Waals surface area (Å²) in [5.74, 6) is -0.487. The molecule has 0 bridgehead atoms. The van der Waals surface area contributed by atoms with Gasteiger partial charge in [0, 0.05) is 27.8 Å². The average Bonchev–Trinajstić information content (AvgIpc) is 3.03. The molecular formula is C21H21N3O4S. The van der Waals surface area contributed by atoms with Gasteiger partial charge in [-0.2, -0.15) is 0 Å². The number of pyridine rings is 1. The second kappa shape index (κ2) is 6.18. The first kappa shape index (κ1) is 17.9. The lowest BCUT2D eigenvalue weighted by Crippen LogP contribution is -2.38. The van der Waals surface area contributed by atoms with Gasteiger partial charge in [0.1, 0.15) is 5.52 Å². The molecule has 1 aliphatic carbocycles. The molecule has 0 saturated carbocycles. The van der Waals surface area contributed by atoms with Crippen LogP contribution >= 0.6 is 0 Å². The summed E-state index contributed by atoms with van der Waals surface area (Å²) in [5.41, 5.74) is 2.21. The lowest BCUT2D eigenvalue weighted by molar-refractivity contribution is 0.0528. The van der Waals surface area contributed by atoms with E-state index in [1.165, 1.54) is 6.20 Å². The van der Waals surface area contributed by atoms with Crippen LogP contribution < -0.4 is 20.8 Å². The standard InChI is InChI=1S/C21H21N3O4S/c1-3-28-21(26)14-10-22-19-18(14)13-8-16-17(9-15(13)23-20(19)25)29(16,27)24-12-6-4-5-11(2)7-12/h4-10,16-17,22,29H,3H2,1-2H3,(H,23,25)(H,24,27). The molecule has 3 N–H and O–H groups in total. The van der Waals surface area contributed by atoms with E-state index in [4.69, 9.17) is 4.74 Å². The summed E-state index contributed by atoms with van der Waals surface area (Å²) in [6, 6.07) is 7.77. The highest BCUT2D eigenvalue weighted by Gasteiger charge is 2.54. The van der Waals surface area contributed by atoms with E-state index in [-0.39, 0.29) is 22.7 Å². The zero-order valence-corrected chi connectivity index (χ0v) is 16.9. The molecule has 2 aromatic heterocycles. The van der Waals surface area contributed by atoms with E-state index in [9.17, 15) is 13.8 Å². The second-order valence-electron chi connectivity index (χ2n) is 7.46. The van der Waals surface area contributed by atoms with Crippen molar-refractivity contribution in [1.29, 1.82) is 0 Å². The third kappa shape index (κ3) is 2.66. The van der Waals surface area contributed by atoms with Gasteiger partial charge in [0.2, 0.25) is 0 Å². The van der Waals surface area contributed by atoms with Crippen molar-refractivity contribution < 1.29 is 13.7 Å². The molecule has 2 unspecified atom stereocenters. The molecule has 1 fully saturated rings. The molecule has 1 aliphatic heterocycles. The number of hydrogen-bond donors (Lipinski definition) is 4. The van der Waals surface area contributed by atoms with E-state index in [0.717, 1.165) is 11.3 Å². The van der Waals surface area contributed by atoms with E-state index in [0.29, 0.717) is 27.0 Å². The Morgan fingerprint density at radius 2 is 2.07 bits per heavy atom. The summed E-state index contributed by atoms with van der Waals surface area (Å²) in [7, 11) is -2.73. The molecule has 29 heavy (non-hydrogen) atoms. The van der Waals surface area contributed by atoms with Crippen molar-refractivity contribution in [2.24, 2.45) is 0 Å². The fraction of sp³-hybridized carbons (Fsp3) is 0.238. The molecule has 0 spiro atoms. The van der Waals surface area contributed by atoms with Crippen LogP contribution in [0.2, 0.25) is 0 Å². The Balaban J connectivity index is 1.64. The van der Waals surface area contributed by atoms with Crippen LogP contribution in [0, 0.1) is 6.92 Å². The van der Waals surface area contributed by atoms with Crippen molar-refractivity contribution in [3.8, 4) is 0 Å². The van der Waals surface area contributed by atoms with E-state index < -0.39 is 16.1 Å². The molecule has 150 valence electrons. The predicted molar refractivity (Wildman–Crippen MR) is 115 cm³/mol. The number of nitrogens with one attached hydrogen (secondary N) is 3. The van der Waals surface area contributed by atoms with E-state index in [2.05, 4.69) is 14.7 Å². The number of aromatic nitrogens is 2. The quantitative estimate of drug-likeness (QED) is 0.288. The van der Waals surface area contributed by atoms with E-state index in [1.807, 2.05) is 43.3 Å². The van der Waals surface area contributed by atoms with E-state index in [1.54, 1.807) is 6.92 Å². The van der Waals surface area contributed by atoms with Crippen LogP contribution in [0.15, 0.2) is 35.3 Å². The van der Waals surface area contributed by atoms with Crippen LogP contribution in [0.4, 0.5) is 5.69 Å². The van der Waals surface area contributed by atoms with Crippen LogP contribution in [0.25, 0.3) is 23.1 Å². The number of carbonyl (C=O) groups excluding carboxylic acids is 1. The summed E-state index contributed by atoms with van der Waals surface area (Å²) in [6.07, 6.45) is 5.26. The molecule has 1 aromatic carbocycles. The summed E-state index contributed by atoms with van der Waals surface area (Å²) in [5, 5.41) is 1.49. The van der Waals surface area contributed by atoms with Gasteiger partial charge in [-0.25, -0.2) is 4.79 Å². The maximum Gasteiger partial charge on any atom is 0.340 e. The van der Waals surface area contributed by atoms with Gasteiger partial charge in [0.15, 0.2) is 0 Å². The van der Waals surface area contributed by atoms with Crippen molar-refractivity contribution in [2.75, 3.05) is 11.3 Å². The van der Waals surface area contributed by atoms with Gasteiger partial charge in [0.05, 0.1) is 22.7 Å². The number of fused-ring (bicyclic) bond motifs is 4. The lowest BCUT2D eigenvalue weighted by Gasteiger charge is -2.10. The fourth-order valence-corrected chi connectivity index (χ4v) is 6.98. The first-order chi connectivity index (χ1) is 13.9. The Bertz CT molecular complexity index is 1400. The number of carbonyl (C=O) groups is 1. The van der Waals surface area contributed by atoms with Crippen LogP contribution in [0.1, 0.15) is 22.8 Å². The molecule has 1 saturated heterocycles. The molecule has 2 aliphatic rings. The molecule has 3 heterocycles. The van der Waals surface area contributed by atoms with Gasteiger partial charge >= 0.3 is 5.97 Å². The fourth-order valence-electron chi connectivity index (χ4n) is 4.13. The number of benzene rings is 1. The SMILES string of the molecule is CCOC(=O)c1c[nH]c2c(=O)[nH]c3c(c12)=CC1C(C=3)[SH]1(=O)Nc1cccc(C)c1. The smallest absolute Gasteiger partial charge is 0.340 e. The molecule has 3 aromatic rings. The zero-order chi connectivity index (χ0) is 20.3. The van der Waals surface area contributed by atoms with Crippen molar-refractivity contribution in [1.82, 2.24) is 9.97 Å². The van der Waals surface area contributed by atoms with Crippen LogP contribution in [-0.4, -0.2) is 37.3 Å².